The lowest BCUT2D eigenvalue weighted by atomic mass is 9.95. The zero-order chi connectivity index (χ0) is 26.9. The lowest BCUT2D eigenvalue weighted by Gasteiger charge is -2.28. The molecular formula is C24H27N5O8. The first-order valence-electron chi connectivity index (χ1n) is 11.2. The fraction of sp³-hybridized carbons (Fsp3) is 0.292. The Bertz CT molecular complexity index is 1230. The van der Waals surface area contributed by atoms with E-state index in [1.54, 1.807) is 38.1 Å². The van der Waals surface area contributed by atoms with Gasteiger partial charge in [0.1, 0.15) is 6.61 Å². The molecule has 2 amide bonds. The molecule has 2 aromatic rings. The quantitative estimate of drug-likeness (QED) is 0.115. The predicted octanol–water partition coefficient (Wildman–Crippen LogP) is 2.12. The summed E-state index contributed by atoms with van der Waals surface area (Å²) < 4.78 is 16.2. The van der Waals surface area contributed by atoms with Gasteiger partial charge < -0.3 is 30.0 Å². The van der Waals surface area contributed by atoms with Gasteiger partial charge in [-0.05, 0) is 31.5 Å². The molecule has 1 aliphatic heterocycles. The van der Waals surface area contributed by atoms with Crippen LogP contribution < -0.4 is 25.5 Å². The highest BCUT2D eigenvalue weighted by Crippen LogP contribution is 2.34. The Morgan fingerprint density at radius 2 is 2.05 bits per heavy atom. The highest BCUT2D eigenvalue weighted by Gasteiger charge is 2.32. The minimum atomic E-state index is -1.20. The lowest BCUT2D eigenvalue weighted by molar-refractivity contribution is -0.384. The average molecular weight is 514 g/mol. The number of ether oxygens (including phenoxy) is 3. The molecule has 0 spiro atoms. The maximum atomic E-state index is 12.3. The number of urea groups is 1. The van der Waals surface area contributed by atoms with Crippen LogP contribution in [-0.2, 0) is 9.53 Å². The van der Waals surface area contributed by atoms with Crippen molar-refractivity contribution >= 4 is 23.9 Å². The number of hydrogen-bond acceptors (Lipinski definition) is 10. The van der Waals surface area contributed by atoms with Gasteiger partial charge in [0.2, 0.25) is 0 Å². The van der Waals surface area contributed by atoms with Crippen LogP contribution in [0, 0.1) is 10.1 Å². The number of hydrogen-bond donors (Lipinski definition) is 4. The molecule has 0 saturated heterocycles. The van der Waals surface area contributed by atoms with E-state index in [9.17, 15) is 24.8 Å². The largest absolute Gasteiger partial charge is 0.490 e. The Hall–Kier alpha value is -4.65. The van der Waals surface area contributed by atoms with E-state index in [0.717, 1.165) is 0 Å². The topological polar surface area (TPSA) is 174 Å². The van der Waals surface area contributed by atoms with Gasteiger partial charge in [-0.2, -0.15) is 5.10 Å². The molecule has 196 valence electrons. The van der Waals surface area contributed by atoms with Crippen LogP contribution in [0.3, 0.4) is 0 Å². The number of methoxy groups -OCH3 is 1. The van der Waals surface area contributed by atoms with E-state index in [1.807, 2.05) is 0 Å². The molecule has 37 heavy (non-hydrogen) atoms. The number of non-ortho nitro benzene ring substituents is 1. The first-order chi connectivity index (χ1) is 17.7. The van der Waals surface area contributed by atoms with E-state index in [4.69, 9.17) is 14.2 Å². The molecule has 0 radical (unpaired) electrons. The molecule has 1 heterocycles. The van der Waals surface area contributed by atoms with Gasteiger partial charge in [-0.15, -0.1) is 0 Å². The van der Waals surface area contributed by atoms with Gasteiger partial charge >= 0.3 is 12.0 Å². The molecule has 2 aromatic carbocycles. The number of nitro groups is 1. The van der Waals surface area contributed by atoms with Crippen LogP contribution in [0.2, 0.25) is 0 Å². The zero-order valence-electron chi connectivity index (χ0n) is 20.4. The average Bonchev–Trinajstić information content (AvgIpc) is 2.87. The van der Waals surface area contributed by atoms with E-state index >= 15 is 0 Å². The highest BCUT2D eigenvalue weighted by molar-refractivity contribution is 5.95. The van der Waals surface area contributed by atoms with Crippen molar-refractivity contribution in [2.45, 2.75) is 26.1 Å². The number of aliphatic hydroxyl groups excluding tert-OH is 1. The predicted molar refractivity (Wildman–Crippen MR) is 132 cm³/mol. The van der Waals surface area contributed by atoms with Crippen molar-refractivity contribution in [1.29, 1.82) is 0 Å². The minimum Gasteiger partial charge on any atom is -0.490 e. The Kier molecular flexibility index (Phi) is 9.00. The van der Waals surface area contributed by atoms with Crippen molar-refractivity contribution in [2.75, 3.05) is 20.3 Å². The van der Waals surface area contributed by atoms with Gasteiger partial charge in [0.25, 0.3) is 5.69 Å². The normalized spacial score (nSPS) is 16.0. The lowest BCUT2D eigenvalue weighted by Crippen LogP contribution is -2.45. The van der Waals surface area contributed by atoms with E-state index in [-0.39, 0.29) is 17.9 Å². The molecule has 1 aliphatic rings. The Labute approximate surface area is 212 Å². The summed E-state index contributed by atoms with van der Waals surface area (Å²) in [7, 11) is 1.26. The number of nitro benzene ring substituents is 1. The minimum absolute atomic E-state index is 0.0758. The number of carbonyl (C=O) groups is 2. The van der Waals surface area contributed by atoms with E-state index < -0.39 is 29.2 Å². The number of amides is 2. The van der Waals surface area contributed by atoms with Gasteiger partial charge in [-0.1, -0.05) is 18.2 Å². The van der Waals surface area contributed by atoms with Crippen LogP contribution in [-0.4, -0.2) is 54.8 Å². The number of aliphatic hydroxyl groups is 1. The number of benzene rings is 2. The first-order valence-corrected chi connectivity index (χ1v) is 11.2. The molecule has 2 atom stereocenters. The molecule has 3 rings (SSSR count). The standard InChI is InChI=1S/C24H27N5O8/c1-4-36-19-11-16(22-21(23(31)35-3)14(2)26-24(32)27-22)8-9-18(19)37-13-20(30)28-25-12-15-6-5-7-17(10-15)29(33)34/h5-12,20,22,28,30H,4,13H2,1-3H3,(H2,26,27,32)/b25-12-/t20-,22-/m1/s1. The zero-order valence-corrected chi connectivity index (χ0v) is 20.4. The molecule has 0 saturated carbocycles. The van der Waals surface area contributed by atoms with Gasteiger partial charge in [0.15, 0.2) is 17.7 Å². The van der Waals surface area contributed by atoms with Crippen LogP contribution in [0.15, 0.2) is 58.8 Å². The summed E-state index contributed by atoms with van der Waals surface area (Å²) in [6.07, 6.45) is 0.127. The summed E-state index contributed by atoms with van der Waals surface area (Å²) in [5, 5.41) is 30.2. The number of allylic oxidation sites excluding steroid dienone is 1. The van der Waals surface area contributed by atoms with E-state index in [1.165, 1.54) is 31.5 Å². The third-order valence-corrected chi connectivity index (χ3v) is 5.19. The fourth-order valence-corrected chi connectivity index (χ4v) is 3.54. The molecule has 13 heteroatoms. The number of nitrogens with zero attached hydrogens (tertiary/aromatic N) is 2. The van der Waals surface area contributed by atoms with Crippen LogP contribution in [0.1, 0.15) is 31.0 Å². The van der Waals surface area contributed by atoms with Crippen molar-refractivity contribution in [2.24, 2.45) is 5.10 Å². The van der Waals surface area contributed by atoms with Crippen LogP contribution in [0.4, 0.5) is 10.5 Å². The number of hydrazone groups is 1. The molecule has 0 fully saturated rings. The third-order valence-electron chi connectivity index (χ3n) is 5.19. The summed E-state index contributed by atoms with van der Waals surface area (Å²) in [5.41, 5.74) is 4.06. The summed E-state index contributed by atoms with van der Waals surface area (Å²) in [5.74, 6) is 0.0600. The van der Waals surface area contributed by atoms with Crippen molar-refractivity contribution in [1.82, 2.24) is 16.1 Å². The number of nitrogens with one attached hydrogen (secondary N) is 3. The number of carbonyl (C=O) groups excluding carboxylic acids is 2. The van der Waals surface area contributed by atoms with E-state index in [0.29, 0.717) is 34.9 Å². The van der Waals surface area contributed by atoms with Crippen molar-refractivity contribution < 1.29 is 33.8 Å². The van der Waals surface area contributed by atoms with Crippen LogP contribution in [0.25, 0.3) is 0 Å². The second-order valence-electron chi connectivity index (χ2n) is 7.77. The van der Waals surface area contributed by atoms with Crippen molar-refractivity contribution in [3.63, 3.8) is 0 Å². The molecule has 0 bridgehead atoms. The Balaban J connectivity index is 1.70. The van der Waals surface area contributed by atoms with Gasteiger partial charge in [0.05, 0.1) is 36.5 Å². The summed E-state index contributed by atoms with van der Waals surface area (Å²) in [6.45, 7) is 3.49. The highest BCUT2D eigenvalue weighted by atomic mass is 16.6. The molecule has 4 N–H and O–H groups in total. The van der Waals surface area contributed by atoms with Gasteiger partial charge in [0, 0.05) is 23.4 Å². The molecule has 0 unspecified atom stereocenters. The van der Waals surface area contributed by atoms with Gasteiger partial charge in [-0.25, -0.2) is 9.59 Å². The van der Waals surface area contributed by atoms with Crippen molar-refractivity contribution in [3.8, 4) is 11.5 Å². The second kappa shape index (κ2) is 12.4. The van der Waals surface area contributed by atoms with Gasteiger partial charge in [-0.3, -0.25) is 15.5 Å². The second-order valence-corrected chi connectivity index (χ2v) is 7.77. The molecule has 13 nitrogen and oxygen atoms in total. The maximum absolute atomic E-state index is 12.3. The molecule has 0 aliphatic carbocycles. The SMILES string of the molecule is CCOc1cc([C@H]2NC(=O)NC(C)=C2C(=O)OC)ccc1OC[C@@H](O)N/N=C\c1cccc([N+](=O)[O-])c1. The monoisotopic (exact) mass is 513 g/mol. The Morgan fingerprint density at radius 3 is 2.76 bits per heavy atom. The van der Waals surface area contributed by atoms with E-state index in [2.05, 4.69) is 21.2 Å². The first kappa shape index (κ1) is 26.9. The third kappa shape index (κ3) is 6.95. The summed E-state index contributed by atoms with van der Waals surface area (Å²) >= 11 is 0. The van der Waals surface area contributed by atoms with Crippen LogP contribution in [0.5, 0.6) is 11.5 Å². The summed E-state index contributed by atoms with van der Waals surface area (Å²) in [4.78, 5) is 34.7. The molecular weight excluding hydrogens is 486 g/mol. The summed E-state index contributed by atoms with van der Waals surface area (Å²) in [6, 6.07) is 9.51. The number of esters is 1. The smallest absolute Gasteiger partial charge is 0.337 e. The fourth-order valence-electron chi connectivity index (χ4n) is 3.54. The number of rotatable bonds is 11. The maximum Gasteiger partial charge on any atom is 0.337 e. The Morgan fingerprint density at radius 1 is 1.27 bits per heavy atom. The molecule has 0 aromatic heterocycles. The van der Waals surface area contributed by atoms with Crippen LogP contribution >= 0.6 is 0 Å². The van der Waals surface area contributed by atoms with Crippen molar-refractivity contribution in [3.05, 3.63) is 75.0 Å².